The quantitative estimate of drug-likeness (QED) is 0.843. The number of nitrogens with one attached hydrogen (secondary N) is 1. The summed E-state index contributed by atoms with van der Waals surface area (Å²) in [6.07, 6.45) is 0. The van der Waals surface area contributed by atoms with Crippen molar-refractivity contribution in [2.45, 2.75) is 6.92 Å². The summed E-state index contributed by atoms with van der Waals surface area (Å²) >= 11 is 15.1. The highest BCUT2D eigenvalue weighted by atomic mass is 79.9. The molecule has 0 aliphatic heterocycles. The molecule has 19 heavy (non-hydrogen) atoms. The van der Waals surface area contributed by atoms with E-state index in [1.807, 2.05) is 13.0 Å². The van der Waals surface area contributed by atoms with Crippen LogP contribution in [0, 0.1) is 6.92 Å². The van der Waals surface area contributed by atoms with Crippen molar-refractivity contribution in [3.63, 3.8) is 0 Å². The third kappa shape index (κ3) is 3.69. The van der Waals surface area contributed by atoms with Crippen LogP contribution in [0.4, 0.5) is 5.82 Å². The zero-order valence-electron chi connectivity index (χ0n) is 9.88. The Morgan fingerprint density at radius 2 is 1.84 bits per heavy atom. The number of aryl methyl sites for hydroxylation is 1. The van der Waals surface area contributed by atoms with Crippen molar-refractivity contribution < 1.29 is 4.79 Å². The fourth-order valence-electron chi connectivity index (χ4n) is 1.49. The van der Waals surface area contributed by atoms with Crippen molar-refractivity contribution in [2.24, 2.45) is 0 Å². The van der Waals surface area contributed by atoms with Gasteiger partial charge in [-0.2, -0.15) is 0 Å². The Bertz CT molecular complexity index is 626. The highest BCUT2D eigenvalue weighted by Gasteiger charge is 2.09. The number of hydrogen-bond donors (Lipinski definition) is 1. The Morgan fingerprint density at radius 1 is 1.21 bits per heavy atom. The zero-order chi connectivity index (χ0) is 14.0. The van der Waals surface area contributed by atoms with Crippen LogP contribution >= 0.6 is 39.1 Å². The van der Waals surface area contributed by atoms with Crippen LogP contribution < -0.4 is 5.32 Å². The van der Waals surface area contributed by atoms with E-state index in [9.17, 15) is 4.79 Å². The summed E-state index contributed by atoms with van der Waals surface area (Å²) < 4.78 is 0.885. The van der Waals surface area contributed by atoms with Crippen LogP contribution in [-0.2, 0) is 0 Å². The number of carbonyl (C=O) groups is 1. The summed E-state index contributed by atoms with van der Waals surface area (Å²) in [6, 6.07) is 8.20. The summed E-state index contributed by atoms with van der Waals surface area (Å²) in [4.78, 5) is 16.3. The minimum Gasteiger partial charge on any atom is -0.307 e. The standard InChI is InChI=1S/C13H9BrCl2N2O/c1-7-11(14)2-3-12(17-7)18-13(19)8-4-9(15)6-10(16)5-8/h2-6H,1H3,(H,17,18,19). The highest BCUT2D eigenvalue weighted by Crippen LogP contribution is 2.20. The first-order chi connectivity index (χ1) is 8.95. The number of halogens is 3. The van der Waals surface area contributed by atoms with Gasteiger partial charge in [0.05, 0.1) is 5.69 Å². The smallest absolute Gasteiger partial charge is 0.256 e. The fraction of sp³-hybridized carbons (Fsp3) is 0.0769. The van der Waals surface area contributed by atoms with Gasteiger partial charge in [0, 0.05) is 20.1 Å². The number of rotatable bonds is 2. The Balaban J connectivity index is 2.22. The molecule has 2 rings (SSSR count). The Kier molecular flexibility index (Phi) is 4.45. The largest absolute Gasteiger partial charge is 0.307 e. The second-order valence-corrected chi connectivity index (χ2v) is 5.60. The fourth-order valence-corrected chi connectivity index (χ4v) is 2.23. The van der Waals surface area contributed by atoms with Crippen LogP contribution in [0.3, 0.4) is 0 Å². The molecule has 3 nitrogen and oxygen atoms in total. The van der Waals surface area contributed by atoms with Gasteiger partial charge in [-0.3, -0.25) is 4.79 Å². The summed E-state index contributed by atoms with van der Waals surface area (Å²) in [5, 5.41) is 3.52. The molecule has 1 N–H and O–H groups in total. The average Bonchev–Trinajstić information content (AvgIpc) is 2.32. The molecule has 1 aromatic carbocycles. The molecule has 0 unspecified atom stereocenters. The number of hydrogen-bond acceptors (Lipinski definition) is 2. The lowest BCUT2D eigenvalue weighted by Gasteiger charge is -2.07. The third-order valence-electron chi connectivity index (χ3n) is 2.39. The maximum Gasteiger partial charge on any atom is 0.256 e. The van der Waals surface area contributed by atoms with Gasteiger partial charge < -0.3 is 5.32 Å². The van der Waals surface area contributed by atoms with Gasteiger partial charge in [0.2, 0.25) is 0 Å². The number of pyridine rings is 1. The molecule has 0 aliphatic rings. The number of benzene rings is 1. The van der Waals surface area contributed by atoms with Crippen LogP contribution in [-0.4, -0.2) is 10.9 Å². The van der Waals surface area contributed by atoms with Crippen molar-refractivity contribution in [1.29, 1.82) is 0 Å². The van der Waals surface area contributed by atoms with Gasteiger partial charge in [0.1, 0.15) is 5.82 Å². The monoisotopic (exact) mass is 358 g/mol. The highest BCUT2D eigenvalue weighted by molar-refractivity contribution is 9.10. The molecule has 1 aromatic heterocycles. The zero-order valence-corrected chi connectivity index (χ0v) is 13.0. The van der Waals surface area contributed by atoms with E-state index in [0.29, 0.717) is 21.4 Å². The third-order valence-corrected chi connectivity index (χ3v) is 3.66. The molecular weight excluding hydrogens is 351 g/mol. The number of carbonyl (C=O) groups excluding carboxylic acids is 1. The maximum atomic E-state index is 12.0. The van der Waals surface area contributed by atoms with Crippen molar-refractivity contribution in [1.82, 2.24) is 4.98 Å². The molecule has 1 amide bonds. The average molecular weight is 360 g/mol. The van der Waals surface area contributed by atoms with Gasteiger partial charge in [-0.05, 0) is 53.2 Å². The van der Waals surface area contributed by atoms with E-state index in [4.69, 9.17) is 23.2 Å². The topological polar surface area (TPSA) is 42.0 Å². The van der Waals surface area contributed by atoms with Gasteiger partial charge >= 0.3 is 0 Å². The van der Waals surface area contributed by atoms with E-state index in [2.05, 4.69) is 26.2 Å². The molecule has 1 heterocycles. The van der Waals surface area contributed by atoms with Crippen LogP contribution in [0.1, 0.15) is 16.1 Å². The van der Waals surface area contributed by atoms with E-state index in [1.54, 1.807) is 24.3 Å². The number of anilines is 1. The molecule has 0 aliphatic carbocycles. The lowest BCUT2D eigenvalue weighted by molar-refractivity contribution is 0.102. The molecule has 6 heteroatoms. The molecule has 0 saturated carbocycles. The first-order valence-electron chi connectivity index (χ1n) is 5.36. The van der Waals surface area contributed by atoms with Crippen LogP contribution in [0.25, 0.3) is 0 Å². The van der Waals surface area contributed by atoms with Crippen molar-refractivity contribution in [3.05, 3.63) is 56.1 Å². The minimum absolute atomic E-state index is 0.307. The summed E-state index contributed by atoms with van der Waals surface area (Å²) in [6.45, 7) is 1.84. The Labute approximate surface area is 129 Å². The maximum absolute atomic E-state index is 12.0. The van der Waals surface area contributed by atoms with Crippen LogP contribution in [0.2, 0.25) is 10.0 Å². The lowest BCUT2D eigenvalue weighted by atomic mass is 10.2. The van der Waals surface area contributed by atoms with Gasteiger partial charge in [0.15, 0.2) is 0 Å². The number of aromatic nitrogens is 1. The first kappa shape index (κ1) is 14.3. The molecular formula is C13H9BrCl2N2O. The summed E-state index contributed by atoms with van der Waals surface area (Å²) in [7, 11) is 0. The Morgan fingerprint density at radius 3 is 2.42 bits per heavy atom. The van der Waals surface area contributed by atoms with E-state index < -0.39 is 0 Å². The van der Waals surface area contributed by atoms with Gasteiger partial charge in [-0.15, -0.1) is 0 Å². The van der Waals surface area contributed by atoms with E-state index >= 15 is 0 Å². The van der Waals surface area contributed by atoms with Crippen molar-refractivity contribution in [2.75, 3.05) is 5.32 Å². The molecule has 2 aromatic rings. The number of amides is 1. The normalized spacial score (nSPS) is 10.3. The second kappa shape index (κ2) is 5.90. The van der Waals surface area contributed by atoms with Crippen LogP contribution in [0.15, 0.2) is 34.8 Å². The summed E-state index contributed by atoms with van der Waals surface area (Å²) in [5.74, 6) is 0.167. The van der Waals surface area contributed by atoms with E-state index in [-0.39, 0.29) is 5.91 Å². The lowest BCUT2D eigenvalue weighted by Crippen LogP contribution is -2.13. The molecule has 0 saturated heterocycles. The number of nitrogens with zero attached hydrogens (tertiary/aromatic N) is 1. The van der Waals surface area contributed by atoms with Crippen molar-refractivity contribution in [3.8, 4) is 0 Å². The molecule has 98 valence electrons. The van der Waals surface area contributed by atoms with Gasteiger partial charge in [0.25, 0.3) is 5.91 Å². The van der Waals surface area contributed by atoms with Gasteiger partial charge in [-0.1, -0.05) is 23.2 Å². The SMILES string of the molecule is Cc1nc(NC(=O)c2cc(Cl)cc(Cl)c2)ccc1Br. The van der Waals surface area contributed by atoms with Gasteiger partial charge in [-0.25, -0.2) is 4.98 Å². The predicted molar refractivity (Wildman–Crippen MR) is 81.1 cm³/mol. The molecule has 0 atom stereocenters. The Hall–Kier alpha value is -1.10. The minimum atomic E-state index is -0.307. The van der Waals surface area contributed by atoms with Crippen molar-refractivity contribution >= 4 is 50.9 Å². The molecule has 0 bridgehead atoms. The first-order valence-corrected chi connectivity index (χ1v) is 6.91. The van der Waals surface area contributed by atoms with E-state index in [0.717, 1.165) is 10.2 Å². The molecule has 0 radical (unpaired) electrons. The van der Waals surface area contributed by atoms with Crippen LogP contribution in [0.5, 0.6) is 0 Å². The van der Waals surface area contributed by atoms with E-state index in [1.165, 1.54) is 0 Å². The second-order valence-electron chi connectivity index (χ2n) is 3.88. The summed E-state index contributed by atoms with van der Waals surface area (Å²) in [5.41, 5.74) is 1.18. The molecule has 0 spiro atoms. The molecule has 0 fully saturated rings. The predicted octanol–water partition coefficient (Wildman–Crippen LogP) is 4.71.